The number of nitrogens with one attached hydrogen (secondary N) is 1. The zero-order chi connectivity index (χ0) is 24.5. The van der Waals surface area contributed by atoms with E-state index in [9.17, 15) is 24.0 Å². The monoisotopic (exact) mass is 482 g/mol. The van der Waals surface area contributed by atoms with Crippen LogP contribution in [0.5, 0.6) is 0 Å². The fourth-order valence-electron chi connectivity index (χ4n) is 4.34. The van der Waals surface area contributed by atoms with Crippen LogP contribution < -0.4 is 16.8 Å². The van der Waals surface area contributed by atoms with E-state index in [-0.39, 0.29) is 59.3 Å². The molecular weight excluding hydrogens is 444 g/mol. The summed E-state index contributed by atoms with van der Waals surface area (Å²) in [6.07, 6.45) is 5.67. The quantitative estimate of drug-likeness (QED) is 0.261. The highest BCUT2D eigenvalue weighted by Gasteiger charge is 2.40. The molecule has 33 heavy (non-hydrogen) atoms. The van der Waals surface area contributed by atoms with Crippen molar-refractivity contribution in [3.05, 3.63) is 0 Å². The third-order valence-electron chi connectivity index (χ3n) is 6.73. The molecule has 2 aliphatic rings. The topological polar surface area (TPSA) is 153 Å². The second-order valence-electron chi connectivity index (χ2n) is 9.39. The number of likely N-dealkylation sites (tertiary alicyclic amines) is 1. The van der Waals surface area contributed by atoms with E-state index >= 15 is 0 Å². The van der Waals surface area contributed by atoms with Crippen molar-refractivity contribution in [3.63, 3.8) is 0 Å². The molecule has 0 aromatic heterocycles. The Balaban J connectivity index is 1.67. The molecule has 0 radical (unpaired) electrons. The molecule has 1 saturated heterocycles. The van der Waals surface area contributed by atoms with Gasteiger partial charge >= 0.3 is 0 Å². The molecule has 1 heterocycles. The molecule has 1 aliphatic heterocycles. The molecule has 2 fully saturated rings. The van der Waals surface area contributed by atoms with Crippen molar-refractivity contribution in [3.8, 4) is 0 Å². The number of amides is 4. The number of hydrogen-bond donors (Lipinski definition) is 3. The maximum absolute atomic E-state index is 12.7. The van der Waals surface area contributed by atoms with Crippen LogP contribution in [0.3, 0.4) is 0 Å². The van der Waals surface area contributed by atoms with E-state index in [1.54, 1.807) is 13.8 Å². The van der Waals surface area contributed by atoms with Crippen molar-refractivity contribution < 1.29 is 24.0 Å². The highest BCUT2D eigenvalue weighted by Crippen LogP contribution is 2.32. The zero-order valence-electron chi connectivity index (χ0n) is 19.7. The number of carbonyl (C=O) groups is 5. The van der Waals surface area contributed by atoms with Crippen molar-refractivity contribution in [1.82, 2.24) is 10.2 Å². The summed E-state index contributed by atoms with van der Waals surface area (Å²) in [6.45, 7) is 4.28. The Morgan fingerprint density at radius 3 is 2.42 bits per heavy atom. The minimum atomic E-state index is -0.765. The van der Waals surface area contributed by atoms with Gasteiger partial charge in [-0.15, -0.1) is 11.8 Å². The number of nitrogens with two attached hydrogens (primary N) is 2. The summed E-state index contributed by atoms with van der Waals surface area (Å²) in [5.74, 6) is -0.330. The fourth-order valence-corrected chi connectivity index (χ4v) is 5.46. The molecule has 0 aromatic rings. The Morgan fingerprint density at radius 2 is 1.82 bits per heavy atom. The van der Waals surface area contributed by atoms with Crippen LogP contribution in [-0.2, 0) is 24.0 Å². The first-order chi connectivity index (χ1) is 15.6. The van der Waals surface area contributed by atoms with Crippen molar-refractivity contribution in [2.75, 3.05) is 18.8 Å². The smallest absolute Gasteiger partial charge is 0.242 e. The van der Waals surface area contributed by atoms with Gasteiger partial charge in [0, 0.05) is 37.1 Å². The van der Waals surface area contributed by atoms with E-state index in [1.807, 2.05) is 0 Å². The largest absolute Gasteiger partial charge is 0.369 e. The maximum atomic E-state index is 12.7. The molecule has 0 spiro atoms. The first kappa shape index (κ1) is 27.3. The van der Waals surface area contributed by atoms with Crippen LogP contribution >= 0.6 is 11.8 Å². The van der Waals surface area contributed by atoms with Gasteiger partial charge in [0.05, 0.1) is 11.3 Å². The maximum Gasteiger partial charge on any atom is 0.242 e. The van der Waals surface area contributed by atoms with Crippen LogP contribution in [0.2, 0.25) is 0 Å². The molecule has 1 aliphatic carbocycles. The van der Waals surface area contributed by atoms with Crippen LogP contribution in [0.4, 0.5) is 0 Å². The summed E-state index contributed by atoms with van der Waals surface area (Å²) in [6, 6.07) is -0.765. The Bertz CT molecular complexity index is 738. The van der Waals surface area contributed by atoms with E-state index in [0.717, 1.165) is 38.5 Å². The second-order valence-corrected chi connectivity index (χ2v) is 10.6. The lowest BCUT2D eigenvalue weighted by Crippen LogP contribution is -2.43. The first-order valence-electron chi connectivity index (χ1n) is 11.9. The average Bonchev–Trinajstić information content (AvgIpc) is 3.04. The molecule has 1 saturated carbocycles. The van der Waals surface area contributed by atoms with E-state index in [1.165, 1.54) is 16.7 Å². The lowest BCUT2D eigenvalue weighted by molar-refractivity contribution is -0.139. The van der Waals surface area contributed by atoms with Gasteiger partial charge in [0.25, 0.3) is 0 Å². The lowest BCUT2D eigenvalue weighted by Gasteiger charge is -2.29. The molecule has 3 atom stereocenters. The predicted molar refractivity (Wildman–Crippen MR) is 127 cm³/mol. The lowest BCUT2D eigenvalue weighted by atomic mass is 9.80. The van der Waals surface area contributed by atoms with Gasteiger partial charge in [0.1, 0.15) is 5.78 Å². The Kier molecular flexibility index (Phi) is 10.8. The van der Waals surface area contributed by atoms with Gasteiger partial charge in [0.2, 0.25) is 23.6 Å². The van der Waals surface area contributed by atoms with E-state index in [0.29, 0.717) is 19.5 Å². The van der Waals surface area contributed by atoms with Gasteiger partial charge in [-0.25, -0.2) is 0 Å². The first-order valence-corrected chi connectivity index (χ1v) is 12.9. The molecule has 5 N–H and O–H groups in total. The molecule has 1 unspecified atom stereocenters. The summed E-state index contributed by atoms with van der Waals surface area (Å²) >= 11 is 1.26. The molecule has 9 nitrogen and oxygen atoms in total. The second kappa shape index (κ2) is 13.1. The number of primary amides is 1. The van der Waals surface area contributed by atoms with Gasteiger partial charge in [-0.1, -0.05) is 13.3 Å². The molecular formula is C23H38N4O5S. The summed E-state index contributed by atoms with van der Waals surface area (Å²) in [5, 5.41) is 2.28. The summed E-state index contributed by atoms with van der Waals surface area (Å²) in [7, 11) is 0. The third kappa shape index (κ3) is 8.41. The normalized spacial score (nSPS) is 25.1. The Labute approximate surface area is 200 Å². The molecule has 0 aromatic carbocycles. The van der Waals surface area contributed by atoms with Crippen LogP contribution in [0.25, 0.3) is 0 Å². The number of rotatable bonds is 13. The Morgan fingerprint density at radius 1 is 1.15 bits per heavy atom. The number of hydrogen-bond acceptors (Lipinski definition) is 7. The third-order valence-corrected chi connectivity index (χ3v) is 8.05. The number of nitrogens with zero attached hydrogens (tertiary/aromatic N) is 1. The summed E-state index contributed by atoms with van der Waals surface area (Å²) in [4.78, 5) is 61.2. The van der Waals surface area contributed by atoms with E-state index in [2.05, 4.69) is 5.32 Å². The molecule has 0 bridgehead atoms. The summed E-state index contributed by atoms with van der Waals surface area (Å²) in [5.41, 5.74) is 11.2. The van der Waals surface area contributed by atoms with Gasteiger partial charge in [0.15, 0.2) is 0 Å². The van der Waals surface area contributed by atoms with Gasteiger partial charge < -0.3 is 16.8 Å². The number of carbonyl (C=O) groups excluding carboxylic acids is 5. The Hall–Kier alpha value is -1.94. The molecule has 10 heteroatoms. The van der Waals surface area contributed by atoms with Crippen molar-refractivity contribution in [1.29, 1.82) is 0 Å². The number of unbranched alkanes of at least 4 members (excludes halogenated alkanes) is 1. The number of Topliss-reactive ketones (excluding diaryl/α,β-unsaturated/α-hetero) is 1. The number of imide groups is 1. The van der Waals surface area contributed by atoms with Crippen LogP contribution in [0.15, 0.2) is 0 Å². The fraction of sp³-hybridized carbons (Fsp3) is 0.783. The average molecular weight is 483 g/mol. The minimum Gasteiger partial charge on any atom is -0.369 e. The van der Waals surface area contributed by atoms with E-state index < -0.39 is 11.3 Å². The highest BCUT2D eigenvalue weighted by atomic mass is 32.2. The molecule has 2 rings (SSSR count). The van der Waals surface area contributed by atoms with Gasteiger partial charge in [-0.05, 0) is 51.4 Å². The standard InChI is InChI=1S/C23H38N4O5S/c1-14(21(25)30)5-3-4-10-26-22(31)18(24)13-33-19-11-20(29)27(23(19)32)12-16-6-8-17(9-7-16)15(2)28/h14,16-19H,3-13,24H2,1-2H3,(H2,25,30)(H,26,31)/t14-,16?,17?,18+,19?/m0/s1. The van der Waals surface area contributed by atoms with Crippen LogP contribution in [0, 0.1) is 17.8 Å². The zero-order valence-corrected chi connectivity index (χ0v) is 20.5. The minimum absolute atomic E-state index is 0.112. The summed E-state index contributed by atoms with van der Waals surface area (Å²) < 4.78 is 0. The van der Waals surface area contributed by atoms with E-state index in [4.69, 9.17) is 11.5 Å². The van der Waals surface area contributed by atoms with Gasteiger partial charge in [-0.2, -0.15) is 0 Å². The van der Waals surface area contributed by atoms with Crippen LogP contribution in [-0.4, -0.2) is 64.4 Å². The number of ketones is 1. The van der Waals surface area contributed by atoms with Crippen molar-refractivity contribution in [2.45, 2.75) is 76.5 Å². The molecule has 4 amide bonds. The predicted octanol–water partition coefficient (Wildman–Crippen LogP) is 0.978. The SMILES string of the molecule is CC(=O)C1CCC(CN2C(=O)CC(SC[C@@H](N)C(=O)NCCCC[C@H](C)C(N)=O)C2=O)CC1. The molecule has 186 valence electrons. The highest BCUT2D eigenvalue weighted by molar-refractivity contribution is 8.00. The van der Waals surface area contributed by atoms with Crippen molar-refractivity contribution >= 4 is 41.2 Å². The van der Waals surface area contributed by atoms with Crippen LogP contribution in [0.1, 0.15) is 65.2 Å². The van der Waals surface area contributed by atoms with Crippen molar-refractivity contribution in [2.24, 2.45) is 29.2 Å². The van der Waals surface area contributed by atoms with Gasteiger partial charge in [-0.3, -0.25) is 28.9 Å². The number of thioether (sulfide) groups is 1.